The molecule has 146 valence electrons. The largest absolute Gasteiger partial charge is 0.462 e. The number of nitrogens with two attached hydrogens (primary N) is 1. The summed E-state index contributed by atoms with van der Waals surface area (Å²) in [7, 11) is 0. The van der Waals surface area contributed by atoms with Crippen molar-refractivity contribution in [2.24, 2.45) is 5.73 Å². The van der Waals surface area contributed by atoms with Gasteiger partial charge in [-0.2, -0.15) is 0 Å². The lowest BCUT2D eigenvalue weighted by atomic mass is 10.1. The highest BCUT2D eigenvalue weighted by Gasteiger charge is 2.25. The first-order valence-corrected chi connectivity index (χ1v) is 10.0. The number of ether oxygens (including phenoxy) is 1. The molecule has 0 aliphatic rings. The van der Waals surface area contributed by atoms with Gasteiger partial charge in [-0.3, -0.25) is 14.0 Å². The molecule has 0 atom stereocenters. The Morgan fingerprint density at radius 3 is 2.82 bits per heavy atom. The van der Waals surface area contributed by atoms with Crippen LogP contribution in [0.1, 0.15) is 32.5 Å². The summed E-state index contributed by atoms with van der Waals surface area (Å²) >= 11 is 2.15. The Bertz CT molecular complexity index is 1060. The van der Waals surface area contributed by atoms with E-state index in [0.29, 0.717) is 16.4 Å². The Morgan fingerprint density at radius 2 is 2.11 bits per heavy atom. The highest BCUT2D eigenvalue weighted by molar-refractivity contribution is 7.99. The van der Waals surface area contributed by atoms with Gasteiger partial charge in [-0.15, -0.1) is 21.5 Å². The molecule has 3 heterocycles. The van der Waals surface area contributed by atoms with Crippen LogP contribution in [0, 0.1) is 6.92 Å². The molecular formula is C17H17N5O4S2. The Labute approximate surface area is 168 Å². The lowest BCUT2D eigenvalue weighted by Crippen LogP contribution is -2.16. The Balaban J connectivity index is 1.76. The average molecular weight is 419 g/mol. The number of thioether (sulfide) groups is 1. The van der Waals surface area contributed by atoms with Crippen molar-refractivity contribution in [2.45, 2.75) is 19.0 Å². The molecule has 0 aliphatic carbocycles. The van der Waals surface area contributed by atoms with Gasteiger partial charge in [0.2, 0.25) is 5.91 Å². The van der Waals surface area contributed by atoms with E-state index in [2.05, 4.69) is 15.5 Å². The third-order valence-electron chi connectivity index (χ3n) is 3.72. The number of primary amides is 1. The van der Waals surface area contributed by atoms with Gasteiger partial charge in [-0.05, 0) is 31.5 Å². The monoisotopic (exact) mass is 419 g/mol. The molecule has 3 aromatic rings. The third-order valence-corrected chi connectivity index (χ3v) is 5.88. The van der Waals surface area contributed by atoms with Crippen molar-refractivity contribution >= 4 is 51.5 Å². The standard InChI is InChI=1S/C17H17N5O4S2/c1-3-26-16(25)12-9(2)13(14(18)24)28-15(12)19-11(23)8-27-17-21-20-10-6-4-5-7-22(10)17/h4-7H,3,8H2,1-2H3,(H2,18,24)(H,19,23). The molecule has 0 bridgehead atoms. The number of hydrogen-bond acceptors (Lipinski definition) is 8. The molecule has 3 N–H and O–H groups in total. The molecule has 0 aliphatic heterocycles. The molecule has 9 nitrogen and oxygen atoms in total. The van der Waals surface area contributed by atoms with Crippen LogP contribution in [0.25, 0.3) is 5.65 Å². The first-order chi connectivity index (χ1) is 13.4. The van der Waals surface area contributed by atoms with E-state index in [4.69, 9.17) is 10.5 Å². The van der Waals surface area contributed by atoms with Crippen molar-refractivity contribution in [1.82, 2.24) is 14.6 Å². The van der Waals surface area contributed by atoms with Crippen LogP contribution in [0.5, 0.6) is 0 Å². The third kappa shape index (κ3) is 3.99. The number of nitrogens with one attached hydrogen (secondary N) is 1. The van der Waals surface area contributed by atoms with Crippen LogP contribution in [0.4, 0.5) is 5.00 Å². The fourth-order valence-corrected chi connectivity index (χ4v) is 4.28. The van der Waals surface area contributed by atoms with E-state index in [0.717, 1.165) is 11.3 Å². The summed E-state index contributed by atoms with van der Waals surface area (Å²) in [5.74, 6) is -1.60. The van der Waals surface area contributed by atoms with E-state index in [1.165, 1.54) is 11.8 Å². The number of carbonyl (C=O) groups is 3. The molecule has 0 fully saturated rings. The zero-order chi connectivity index (χ0) is 20.3. The second kappa shape index (κ2) is 8.40. The Kier molecular flexibility index (Phi) is 5.95. The van der Waals surface area contributed by atoms with Crippen molar-refractivity contribution in [3.05, 3.63) is 40.4 Å². The number of amides is 2. The Morgan fingerprint density at radius 1 is 1.32 bits per heavy atom. The molecule has 3 rings (SSSR count). The van der Waals surface area contributed by atoms with Crippen molar-refractivity contribution < 1.29 is 19.1 Å². The molecule has 0 saturated carbocycles. The minimum atomic E-state index is -0.669. The second-order valence-electron chi connectivity index (χ2n) is 5.59. The van der Waals surface area contributed by atoms with Gasteiger partial charge in [0.05, 0.1) is 22.8 Å². The SMILES string of the molecule is CCOC(=O)c1c(NC(=O)CSc2nnc3ccccn23)sc(C(N)=O)c1C. The maximum absolute atomic E-state index is 12.4. The molecule has 3 aromatic heterocycles. The fourth-order valence-electron chi connectivity index (χ4n) is 2.50. The van der Waals surface area contributed by atoms with Gasteiger partial charge < -0.3 is 15.8 Å². The number of anilines is 1. The lowest BCUT2D eigenvalue weighted by molar-refractivity contribution is -0.113. The molecule has 0 unspecified atom stereocenters. The van der Waals surface area contributed by atoms with Gasteiger partial charge in [0.1, 0.15) is 5.00 Å². The van der Waals surface area contributed by atoms with Crippen LogP contribution in [-0.4, -0.2) is 44.7 Å². The molecule has 0 saturated heterocycles. The summed E-state index contributed by atoms with van der Waals surface area (Å²) in [6.07, 6.45) is 1.80. The Hall–Kier alpha value is -2.92. The predicted octanol–water partition coefficient (Wildman–Crippen LogP) is 2.11. The van der Waals surface area contributed by atoms with Crippen LogP contribution >= 0.6 is 23.1 Å². The molecule has 0 aromatic carbocycles. The van der Waals surface area contributed by atoms with Crippen LogP contribution in [0.2, 0.25) is 0 Å². The molecular weight excluding hydrogens is 402 g/mol. The van der Waals surface area contributed by atoms with Gasteiger partial charge in [-0.25, -0.2) is 4.79 Å². The van der Waals surface area contributed by atoms with Crippen LogP contribution in [-0.2, 0) is 9.53 Å². The van der Waals surface area contributed by atoms with E-state index in [9.17, 15) is 14.4 Å². The van der Waals surface area contributed by atoms with Crippen molar-refractivity contribution in [3.63, 3.8) is 0 Å². The van der Waals surface area contributed by atoms with Gasteiger partial charge in [0, 0.05) is 6.20 Å². The van der Waals surface area contributed by atoms with Crippen LogP contribution in [0.3, 0.4) is 0 Å². The van der Waals surface area contributed by atoms with E-state index in [1.54, 1.807) is 24.4 Å². The van der Waals surface area contributed by atoms with Gasteiger partial charge >= 0.3 is 5.97 Å². The number of hydrogen-bond donors (Lipinski definition) is 2. The van der Waals surface area contributed by atoms with Gasteiger partial charge in [0.15, 0.2) is 10.8 Å². The molecule has 0 spiro atoms. The maximum atomic E-state index is 12.4. The summed E-state index contributed by atoms with van der Waals surface area (Å²) in [5, 5.41) is 11.5. The number of aromatic nitrogens is 3. The highest BCUT2D eigenvalue weighted by atomic mass is 32.2. The first kappa shape index (κ1) is 19.8. The van der Waals surface area contributed by atoms with E-state index in [-0.39, 0.29) is 33.7 Å². The van der Waals surface area contributed by atoms with Crippen LogP contribution < -0.4 is 11.1 Å². The topological polar surface area (TPSA) is 129 Å². The molecule has 28 heavy (non-hydrogen) atoms. The van der Waals surface area contributed by atoms with E-state index >= 15 is 0 Å². The minimum absolute atomic E-state index is 0.0425. The number of thiophene rings is 1. The zero-order valence-electron chi connectivity index (χ0n) is 15.1. The summed E-state index contributed by atoms with van der Waals surface area (Å²) < 4.78 is 6.79. The molecule has 0 radical (unpaired) electrons. The maximum Gasteiger partial charge on any atom is 0.341 e. The fraction of sp³-hybridized carbons (Fsp3) is 0.235. The lowest BCUT2D eigenvalue weighted by Gasteiger charge is -2.06. The highest BCUT2D eigenvalue weighted by Crippen LogP contribution is 2.33. The number of pyridine rings is 1. The van der Waals surface area contributed by atoms with Crippen molar-refractivity contribution in [1.29, 1.82) is 0 Å². The van der Waals surface area contributed by atoms with Crippen molar-refractivity contribution in [2.75, 3.05) is 17.7 Å². The first-order valence-electron chi connectivity index (χ1n) is 8.25. The second-order valence-corrected chi connectivity index (χ2v) is 7.56. The smallest absolute Gasteiger partial charge is 0.341 e. The summed E-state index contributed by atoms with van der Waals surface area (Å²) in [6.45, 7) is 3.44. The number of nitrogens with zero attached hydrogens (tertiary/aromatic N) is 3. The predicted molar refractivity (Wildman–Crippen MR) is 106 cm³/mol. The molecule has 2 amide bonds. The molecule has 11 heteroatoms. The summed E-state index contributed by atoms with van der Waals surface area (Å²) in [5.41, 5.74) is 6.57. The average Bonchev–Trinajstić information content (AvgIpc) is 3.21. The number of fused-ring (bicyclic) bond motifs is 1. The van der Waals surface area contributed by atoms with Crippen LogP contribution in [0.15, 0.2) is 29.6 Å². The summed E-state index contributed by atoms with van der Waals surface area (Å²) in [4.78, 5) is 36.5. The number of rotatable bonds is 7. The number of esters is 1. The van der Waals surface area contributed by atoms with E-state index in [1.807, 2.05) is 18.2 Å². The normalized spacial score (nSPS) is 10.8. The van der Waals surface area contributed by atoms with Crippen molar-refractivity contribution in [3.8, 4) is 0 Å². The number of carbonyl (C=O) groups excluding carboxylic acids is 3. The summed E-state index contributed by atoms with van der Waals surface area (Å²) in [6, 6.07) is 5.49. The zero-order valence-corrected chi connectivity index (χ0v) is 16.7. The minimum Gasteiger partial charge on any atom is -0.462 e. The van der Waals surface area contributed by atoms with Gasteiger partial charge in [-0.1, -0.05) is 17.8 Å². The quantitative estimate of drug-likeness (QED) is 0.443. The van der Waals surface area contributed by atoms with E-state index < -0.39 is 11.9 Å². The van der Waals surface area contributed by atoms with Gasteiger partial charge in [0.25, 0.3) is 5.91 Å².